The zero-order chi connectivity index (χ0) is 22.8. The molecule has 3 aromatic carbocycles. The summed E-state index contributed by atoms with van der Waals surface area (Å²) >= 11 is 0. The molecule has 0 aliphatic carbocycles. The largest absolute Gasteiger partial charge is 0.506 e. The predicted octanol–water partition coefficient (Wildman–Crippen LogP) is 4.92. The molecule has 2 N–H and O–H groups in total. The Balaban J connectivity index is 2.16. The molecule has 31 heavy (non-hydrogen) atoms. The van der Waals surface area contributed by atoms with Crippen LogP contribution >= 0.6 is 0 Å². The third kappa shape index (κ3) is 4.41. The second kappa shape index (κ2) is 8.81. The lowest BCUT2D eigenvalue weighted by atomic mass is 9.99. The Hall–Kier alpha value is -3.32. The molecule has 7 heteroatoms. The molecule has 6 nitrogen and oxygen atoms in total. The molecule has 0 aromatic heterocycles. The average Bonchev–Trinajstić information content (AvgIpc) is 2.75. The van der Waals surface area contributed by atoms with Gasteiger partial charge < -0.3 is 15.2 Å². The molecule has 0 saturated heterocycles. The first-order chi connectivity index (χ1) is 14.7. The van der Waals surface area contributed by atoms with Crippen LogP contribution in [0.2, 0.25) is 0 Å². The summed E-state index contributed by atoms with van der Waals surface area (Å²) in [5, 5.41) is 13.7. The molecule has 0 bridgehead atoms. The summed E-state index contributed by atoms with van der Waals surface area (Å²) in [7, 11) is -2.57. The van der Waals surface area contributed by atoms with E-state index in [0.29, 0.717) is 22.6 Å². The Morgan fingerprint density at radius 2 is 1.65 bits per heavy atom. The minimum Gasteiger partial charge on any atom is -0.506 e. The van der Waals surface area contributed by atoms with Gasteiger partial charge in [-0.15, -0.1) is 0 Å². The van der Waals surface area contributed by atoms with E-state index < -0.39 is 9.84 Å². The molecule has 1 amide bonds. The molecule has 0 saturated carbocycles. The Kier molecular flexibility index (Phi) is 6.36. The molecule has 0 atom stereocenters. The number of amides is 1. The zero-order valence-corrected chi connectivity index (χ0v) is 18.7. The van der Waals surface area contributed by atoms with E-state index in [1.165, 1.54) is 19.2 Å². The zero-order valence-electron chi connectivity index (χ0n) is 17.8. The number of rotatable bonds is 6. The summed E-state index contributed by atoms with van der Waals surface area (Å²) in [5.41, 5.74) is 1.48. The number of hydrogen-bond acceptors (Lipinski definition) is 5. The molecule has 0 fully saturated rings. The van der Waals surface area contributed by atoms with Crippen molar-refractivity contribution in [2.24, 2.45) is 0 Å². The van der Waals surface area contributed by atoms with Gasteiger partial charge in [0.25, 0.3) is 5.91 Å². The number of carbonyl (C=O) groups is 1. The van der Waals surface area contributed by atoms with Crippen molar-refractivity contribution in [3.8, 4) is 11.5 Å². The molecule has 0 aliphatic rings. The number of aromatic hydroxyl groups is 1. The SMILES string of the molecule is COc1ccc(S(=O)(=O)c2c(C)c(NC(=O)c3ccccc3)cc(C(C)C)c2O)cc1. The standard InChI is InChI=1S/C24H25NO5S/c1-15(2)20-14-21(25-24(27)17-8-6-5-7-9-17)16(3)23(22(20)26)31(28,29)19-12-10-18(30-4)11-13-19/h5-15,26H,1-4H3,(H,25,27). The maximum absolute atomic E-state index is 13.4. The number of sulfone groups is 1. The third-order valence-electron chi connectivity index (χ3n) is 5.08. The third-order valence-corrected chi connectivity index (χ3v) is 7.01. The minimum absolute atomic E-state index is 0.0212. The van der Waals surface area contributed by atoms with Crippen LogP contribution in [0.25, 0.3) is 0 Å². The van der Waals surface area contributed by atoms with Crippen molar-refractivity contribution in [2.45, 2.75) is 36.5 Å². The van der Waals surface area contributed by atoms with E-state index in [4.69, 9.17) is 4.74 Å². The first kappa shape index (κ1) is 22.4. The van der Waals surface area contributed by atoms with Gasteiger partial charge in [0.1, 0.15) is 16.4 Å². The van der Waals surface area contributed by atoms with Crippen LogP contribution in [0.15, 0.2) is 70.5 Å². The van der Waals surface area contributed by atoms with Crippen molar-refractivity contribution < 1.29 is 23.1 Å². The average molecular weight is 440 g/mol. The number of ether oxygens (including phenoxy) is 1. The second-order valence-corrected chi connectivity index (χ2v) is 9.36. The minimum atomic E-state index is -4.06. The molecule has 3 aromatic rings. The Labute approximate surface area is 182 Å². The summed E-state index contributed by atoms with van der Waals surface area (Å²) in [4.78, 5) is 12.5. The molecule has 0 radical (unpaired) electrons. The number of carbonyl (C=O) groups excluding carboxylic acids is 1. The Bertz CT molecular complexity index is 1200. The van der Waals surface area contributed by atoms with Crippen LogP contribution in [0.4, 0.5) is 5.69 Å². The lowest BCUT2D eigenvalue weighted by Gasteiger charge is -2.20. The predicted molar refractivity (Wildman–Crippen MR) is 120 cm³/mol. The number of phenols is 1. The van der Waals surface area contributed by atoms with Crippen molar-refractivity contribution >= 4 is 21.4 Å². The summed E-state index contributed by atoms with van der Waals surface area (Å²) in [6.07, 6.45) is 0. The van der Waals surface area contributed by atoms with E-state index in [-0.39, 0.29) is 32.9 Å². The maximum Gasteiger partial charge on any atom is 0.255 e. The Morgan fingerprint density at radius 1 is 1.03 bits per heavy atom. The molecular weight excluding hydrogens is 414 g/mol. The van der Waals surface area contributed by atoms with Crippen molar-refractivity contribution in [3.63, 3.8) is 0 Å². The van der Waals surface area contributed by atoms with Crippen molar-refractivity contribution in [3.05, 3.63) is 77.4 Å². The van der Waals surface area contributed by atoms with E-state index >= 15 is 0 Å². The maximum atomic E-state index is 13.4. The fourth-order valence-electron chi connectivity index (χ4n) is 3.32. The van der Waals surface area contributed by atoms with E-state index in [0.717, 1.165) is 0 Å². The normalized spacial score (nSPS) is 11.4. The second-order valence-electron chi connectivity index (χ2n) is 7.47. The quantitative estimate of drug-likeness (QED) is 0.532. The van der Waals surface area contributed by atoms with Crippen LogP contribution in [0, 0.1) is 6.92 Å². The van der Waals surface area contributed by atoms with Gasteiger partial charge in [0, 0.05) is 11.3 Å². The molecule has 0 spiro atoms. The molecule has 0 heterocycles. The summed E-state index contributed by atoms with van der Waals surface area (Å²) in [6.45, 7) is 5.26. The molecule has 0 unspecified atom stereocenters. The van der Waals surface area contributed by atoms with E-state index in [2.05, 4.69) is 5.32 Å². The fourth-order valence-corrected chi connectivity index (χ4v) is 4.93. The van der Waals surface area contributed by atoms with Gasteiger partial charge in [-0.25, -0.2) is 8.42 Å². The number of anilines is 1. The summed E-state index contributed by atoms with van der Waals surface area (Å²) < 4.78 is 32.0. The highest BCUT2D eigenvalue weighted by Gasteiger charge is 2.29. The van der Waals surface area contributed by atoms with Crippen LogP contribution in [-0.2, 0) is 9.84 Å². The van der Waals surface area contributed by atoms with Crippen molar-refractivity contribution in [1.29, 1.82) is 0 Å². The van der Waals surface area contributed by atoms with Gasteiger partial charge in [0.15, 0.2) is 0 Å². The number of hydrogen-bond donors (Lipinski definition) is 2. The molecule has 3 rings (SSSR count). The number of nitrogens with one attached hydrogen (secondary N) is 1. The fraction of sp³-hybridized carbons (Fsp3) is 0.208. The number of benzene rings is 3. The summed E-state index contributed by atoms with van der Waals surface area (Å²) in [5.74, 6) is -0.317. The lowest BCUT2D eigenvalue weighted by molar-refractivity contribution is 0.102. The van der Waals surface area contributed by atoms with Gasteiger partial charge in [0.2, 0.25) is 9.84 Å². The number of phenolic OH excluding ortho intramolecular Hbond substituents is 1. The van der Waals surface area contributed by atoms with Crippen LogP contribution in [0.3, 0.4) is 0 Å². The monoisotopic (exact) mass is 439 g/mol. The van der Waals surface area contributed by atoms with Crippen molar-refractivity contribution in [2.75, 3.05) is 12.4 Å². The highest BCUT2D eigenvalue weighted by molar-refractivity contribution is 7.91. The van der Waals surface area contributed by atoms with E-state index in [9.17, 15) is 18.3 Å². The van der Waals surface area contributed by atoms with Crippen LogP contribution in [-0.4, -0.2) is 26.5 Å². The van der Waals surface area contributed by atoms with Crippen LogP contribution < -0.4 is 10.1 Å². The van der Waals surface area contributed by atoms with Gasteiger partial charge in [0.05, 0.1) is 12.0 Å². The smallest absolute Gasteiger partial charge is 0.255 e. The number of methoxy groups -OCH3 is 1. The van der Waals surface area contributed by atoms with Gasteiger partial charge in [-0.3, -0.25) is 4.79 Å². The van der Waals surface area contributed by atoms with E-state index in [1.807, 2.05) is 13.8 Å². The first-order valence-corrected chi connectivity index (χ1v) is 11.3. The van der Waals surface area contributed by atoms with Crippen LogP contribution in [0.5, 0.6) is 11.5 Å². The van der Waals surface area contributed by atoms with Gasteiger partial charge in [-0.2, -0.15) is 0 Å². The highest BCUT2D eigenvalue weighted by Crippen LogP contribution is 2.41. The topological polar surface area (TPSA) is 92.7 Å². The highest BCUT2D eigenvalue weighted by atomic mass is 32.2. The Morgan fingerprint density at radius 3 is 2.19 bits per heavy atom. The van der Waals surface area contributed by atoms with Crippen molar-refractivity contribution in [1.82, 2.24) is 0 Å². The molecule has 0 aliphatic heterocycles. The van der Waals surface area contributed by atoms with Gasteiger partial charge >= 0.3 is 0 Å². The first-order valence-electron chi connectivity index (χ1n) is 9.78. The van der Waals surface area contributed by atoms with Gasteiger partial charge in [-0.05, 0) is 66.4 Å². The van der Waals surface area contributed by atoms with Gasteiger partial charge in [-0.1, -0.05) is 32.0 Å². The van der Waals surface area contributed by atoms with Crippen LogP contribution in [0.1, 0.15) is 41.3 Å². The molecule has 162 valence electrons. The van der Waals surface area contributed by atoms with E-state index in [1.54, 1.807) is 55.5 Å². The lowest BCUT2D eigenvalue weighted by Crippen LogP contribution is -2.15. The molecular formula is C24H25NO5S. The summed E-state index contributed by atoms with van der Waals surface area (Å²) in [6, 6.07) is 16.2.